The number of fused-ring (bicyclic) bond motifs is 3. The SMILES string of the molecule is COC(=O)[C@H](NC1(c2ccccc2)c2ccccc2-c2ccccc21)C(C)(C)C(=O)OC. The zero-order chi connectivity index (χ0) is 22.9. The van der Waals surface area contributed by atoms with Crippen LogP contribution >= 0.6 is 0 Å². The minimum Gasteiger partial charge on any atom is -0.469 e. The molecular formula is C27H27NO4. The van der Waals surface area contributed by atoms with Gasteiger partial charge >= 0.3 is 11.9 Å². The van der Waals surface area contributed by atoms with Gasteiger partial charge in [0.25, 0.3) is 0 Å². The van der Waals surface area contributed by atoms with Gasteiger partial charge in [0, 0.05) is 0 Å². The molecule has 1 aliphatic rings. The third kappa shape index (κ3) is 3.21. The molecular weight excluding hydrogens is 402 g/mol. The van der Waals surface area contributed by atoms with Crippen LogP contribution < -0.4 is 5.32 Å². The van der Waals surface area contributed by atoms with Crippen molar-refractivity contribution >= 4 is 11.9 Å². The van der Waals surface area contributed by atoms with Crippen LogP contribution in [-0.4, -0.2) is 32.2 Å². The molecule has 3 aromatic carbocycles. The van der Waals surface area contributed by atoms with Crippen molar-refractivity contribution in [3.8, 4) is 11.1 Å². The molecule has 0 amide bonds. The van der Waals surface area contributed by atoms with Gasteiger partial charge < -0.3 is 9.47 Å². The number of esters is 2. The topological polar surface area (TPSA) is 64.6 Å². The number of nitrogens with one attached hydrogen (secondary N) is 1. The second kappa shape index (κ2) is 8.24. The van der Waals surface area contributed by atoms with Gasteiger partial charge in [-0.25, -0.2) is 0 Å². The predicted octanol–water partition coefficient (Wildman–Crippen LogP) is 4.29. The van der Waals surface area contributed by atoms with Crippen molar-refractivity contribution < 1.29 is 19.1 Å². The van der Waals surface area contributed by atoms with Crippen molar-refractivity contribution in [2.45, 2.75) is 25.4 Å². The summed E-state index contributed by atoms with van der Waals surface area (Å²) in [5.41, 5.74) is 3.11. The monoisotopic (exact) mass is 429 g/mol. The van der Waals surface area contributed by atoms with Crippen LogP contribution in [0, 0.1) is 5.41 Å². The van der Waals surface area contributed by atoms with E-state index in [0.717, 1.165) is 27.8 Å². The van der Waals surface area contributed by atoms with Crippen molar-refractivity contribution in [2.75, 3.05) is 14.2 Å². The van der Waals surface area contributed by atoms with E-state index in [9.17, 15) is 9.59 Å². The fourth-order valence-electron chi connectivity index (χ4n) is 4.72. The highest BCUT2D eigenvalue weighted by atomic mass is 16.5. The van der Waals surface area contributed by atoms with Crippen LogP contribution in [-0.2, 0) is 24.6 Å². The number of methoxy groups -OCH3 is 2. The summed E-state index contributed by atoms with van der Waals surface area (Å²) in [5.74, 6) is -1.03. The summed E-state index contributed by atoms with van der Waals surface area (Å²) in [6.07, 6.45) is 0. The molecule has 0 saturated carbocycles. The summed E-state index contributed by atoms with van der Waals surface area (Å²) in [6, 6.07) is 25.3. The molecule has 1 atom stereocenters. The molecule has 32 heavy (non-hydrogen) atoms. The summed E-state index contributed by atoms with van der Waals surface area (Å²) >= 11 is 0. The van der Waals surface area contributed by atoms with Crippen molar-refractivity contribution in [1.29, 1.82) is 0 Å². The van der Waals surface area contributed by atoms with Crippen LogP contribution in [0.15, 0.2) is 78.9 Å². The number of carbonyl (C=O) groups excluding carboxylic acids is 2. The molecule has 0 aliphatic heterocycles. The van der Waals surface area contributed by atoms with Gasteiger partial charge in [0.1, 0.15) is 6.04 Å². The van der Waals surface area contributed by atoms with Crippen LogP contribution in [0.1, 0.15) is 30.5 Å². The maximum atomic E-state index is 13.1. The van der Waals surface area contributed by atoms with Gasteiger partial charge in [0.2, 0.25) is 0 Å². The molecule has 0 saturated heterocycles. The molecule has 0 heterocycles. The van der Waals surface area contributed by atoms with Gasteiger partial charge in [-0.05, 0) is 41.7 Å². The largest absolute Gasteiger partial charge is 0.469 e. The zero-order valence-electron chi connectivity index (χ0n) is 18.7. The second-order valence-electron chi connectivity index (χ2n) is 8.52. The number of hydrogen-bond acceptors (Lipinski definition) is 5. The van der Waals surface area contributed by atoms with Crippen LogP contribution in [0.2, 0.25) is 0 Å². The maximum absolute atomic E-state index is 13.1. The summed E-state index contributed by atoms with van der Waals surface area (Å²) in [5, 5.41) is 3.59. The second-order valence-corrected chi connectivity index (χ2v) is 8.52. The van der Waals surface area contributed by atoms with Crippen LogP contribution in [0.5, 0.6) is 0 Å². The Labute approximate surface area is 188 Å². The van der Waals surface area contributed by atoms with E-state index >= 15 is 0 Å². The standard InChI is InChI=1S/C27H27NO4/c1-26(2,25(30)32-4)23(24(29)31-3)28-27(18-12-6-5-7-13-18)21-16-10-8-14-19(21)20-15-9-11-17-22(20)27/h5-17,23,28H,1-4H3/t23-/m0/s1. The third-order valence-electron chi connectivity index (χ3n) is 6.39. The highest BCUT2D eigenvalue weighted by Gasteiger charge is 2.52. The minimum absolute atomic E-state index is 0.497. The summed E-state index contributed by atoms with van der Waals surface area (Å²) < 4.78 is 10.2. The Hall–Kier alpha value is -3.44. The molecule has 0 unspecified atom stereocenters. The first-order valence-electron chi connectivity index (χ1n) is 10.6. The molecule has 0 aromatic heterocycles. The lowest BCUT2D eigenvalue weighted by molar-refractivity contribution is -0.161. The number of carbonyl (C=O) groups is 2. The van der Waals surface area contributed by atoms with Gasteiger partial charge in [-0.15, -0.1) is 0 Å². The van der Waals surface area contributed by atoms with Crippen molar-refractivity contribution in [1.82, 2.24) is 5.32 Å². The minimum atomic E-state index is -1.18. The van der Waals surface area contributed by atoms with E-state index in [1.54, 1.807) is 13.8 Å². The van der Waals surface area contributed by atoms with Crippen LogP contribution in [0.3, 0.4) is 0 Å². The lowest BCUT2D eigenvalue weighted by Crippen LogP contribution is -2.59. The van der Waals surface area contributed by atoms with E-state index in [2.05, 4.69) is 29.6 Å². The first-order chi connectivity index (χ1) is 15.4. The van der Waals surface area contributed by atoms with Gasteiger partial charge in [-0.3, -0.25) is 14.9 Å². The lowest BCUT2D eigenvalue weighted by atomic mass is 9.76. The Morgan fingerprint density at radius 2 is 1.28 bits per heavy atom. The number of hydrogen-bond donors (Lipinski definition) is 1. The zero-order valence-corrected chi connectivity index (χ0v) is 18.7. The Morgan fingerprint density at radius 1 is 0.781 bits per heavy atom. The van der Waals surface area contributed by atoms with E-state index in [4.69, 9.17) is 9.47 Å². The normalized spacial score (nSPS) is 14.8. The number of ether oxygens (including phenoxy) is 2. The van der Waals surface area contributed by atoms with Crippen molar-refractivity contribution in [3.63, 3.8) is 0 Å². The van der Waals surface area contributed by atoms with Crippen LogP contribution in [0.25, 0.3) is 11.1 Å². The van der Waals surface area contributed by atoms with Gasteiger partial charge in [0.05, 0.1) is 25.2 Å². The Morgan fingerprint density at radius 3 is 1.78 bits per heavy atom. The molecule has 1 N–H and O–H groups in total. The molecule has 164 valence electrons. The quantitative estimate of drug-likeness (QED) is 0.592. The molecule has 0 radical (unpaired) electrons. The molecule has 0 bridgehead atoms. The summed E-state index contributed by atoms with van der Waals surface area (Å²) in [7, 11) is 2.65. The summed E-state index contributed by atoms with van der Waals surface area (Å²) in [4.78, 5) is 25.8. The molecule has 5 nitrogen and oxygen atoms in total. The fraction of sp³-hybridized carbons (Fsp3) is 0.259. The third-order valence-corrected chi connectivity index (χ3v) is 6.39. The lowest BCUT2D eigenvalue weighted by Gasteiger charge is -2.41. The highest BCUT2D eigenvalue weighted by molar-refractivity contribution is 5.89. The van der Waals surface area contributed by atoms with E-state index in [1.165, 1.54) is 14.2 Å². The highest BCUT2D eigenvalue weighted by Crippen LogP contribution is 2.51. The van der Waals surface area contributed by atoms with Crippen molar-refractivity contribution in [3.05, 3.63) is 95.6 Å². The Balaban J connectivity index is 2.02. The van der Waals surface area contributed by atoms with Crippen molar-refractivity contribution in [2.24, 2.45) is 5.41 Å². The van der Waals surface area contributed by atoms with Crippen LogP contribution in [0.4, 0.5) is 0 Å². The summed E-state index contributed by atoms with van der Waals surface area (Å²) in [6.45, 7) is 3.39. The van der Waals surface area contributed by atoms with E-state index in [0.29, 0.717) is 0 Å². The van der Waals surface area contributed by atoms with E-state index in [1.807, 2.05) is 54.6 Å². The van der Waals surface area contributed by atoms with Gasteiger partial charge in [-0.2, -0.15) is 0 Å². The Bertz CT molecular complexity index is 1110. The maximum Gasteiger partial charge on any atom is 0.324 e. The Kier molecular flexibility index (Phi) is 5.61. The first-order valence-corrected chi connectivity index (χ1v) is 10.6. The number of rotatable bonds is 6. The van der Waals surface area contributed by atoms with E-state index < -0.39 is 28.9 Å². The first kappa shape index (κ1) is 21.8. The average molecular weight is 430 g/mol. The molecule has 0 fully saturated rings. The smallest absolute Gasteiger partial charge is 0.324 e. The molecule has 4 rings (SSSR count). The predicted molar refractivity (Wildman–Crippen MR) is 123 cm³/mol. The van der Waals surface area contributed by atoms with Gasteiger partial charge in [-0.1, -0.05) is 78.9 Å². The fourth-order valence-corrected chi connectivity index (χ4v) is 4.72. The van der Waals surface area contributed by atoms with E-state index in [-0.39, 0.29) is 0 Å². The molecule has 0 spiro atoms. The molecule has 5 heteroatoms. The average Bonchev–Trinajstić information content (AvgIpc) is 3.12. The van der Waals surface area contributed by atoms with Gasteiger partial charge in [0.15, 0.2) is 0 Å². The molecule has 3 aromatic rings. The number of benzene rings is 3. The molecule has 1 aliphatic carbocycles.